The molecule has 0 saturated carbocycles. The Morgan fingerprint density at radius 2 is 1.72 bits per heavy atom. The highest BCUT2D eigenvalue weighted by atomic mass is 19.4. The van der Waals surface area contributed by atoms with Crippen LogP contribution in [-0.4, -0.2) is 37.1 Å². The van der Waals surface area contributed by atoms with Gasteiger partial charge in [-0.25, -0.2) is 4.39 Å². The number of ether oxygens (including phenoxy) is 1. The van der Waals surface area contributed by atoms with Gasteiger partial charge in [0.25, 0.3) is 0 Å². The molecule has 0 N–H and O–H groups in total. The molecule has 32 heavy (non-hydrogen) atoms. The van der Waals surface area contributed by atoms with Gasteiger partial charge in [-0.15, -0.1) is 0 Å². The molecule has 0 radical (unpaired) electrons. The van der Waals surface area contributed by atoms with Crippen LogP contribution in [0, 0.1) is 11.7 Å². The van der Waals surface area contributed by atoms with Crippen LogP contribution in [0.3, 0.4) is 0 Å². The first-order valence-electron chi connectivity index (χ1n) is 11.0. The van der Waals surface area contributed by atoms with Crippen molar-refractivity contribution in [2.45, 2.75) is 51.4 Å². The molecule has 8 heteroatoms. The van der Waals surface area contributed by atoms with E-state index in [1.54, 1.807) is 37.3 Å². The van der Waals surface area contributed by atoms with Crippen molar-refractivity contribution in [3.8, 4) is 5.75 Å². The van der Waals surface area contributed by atoms with E-state index in [2.05, 4.69) is 10.0 Å². The predicted molar refractivity (Wildman–Crippen MR) is 118 cm³/mol. The van der Waals surface area contributed by atoms with E-state index in [1.807, 2.05) is 13.0 Å². The van der Waals surface area contributed by atoms with E-state index in [0.29, 0.717) is 17.9 Å². The maximum Gasteiger partial charge on any atom is 0.431 e. The average Bonchev–Trinajstić information content (AvgIpc) is 3.11. The van der Waals surface area contributed by atoms with Crippen LogP contribution in [0.5, 0.6) is 5.75 Å². The molecule has 2 heterocycles. The van der Waals surface area contributed by atoms with E-state index < -0.39 is 17.8 Å². The van der Waals surface area contributed by atoms with E-state index in [0.717, 1.165) is 31.6 Å². The molecule has 2 aromatic carbocycles. The van der Waals surface area contributed by atoms with Gasteiger partial charge in [-0.1, -0.05) is 19.9 Å². The number of anilines is 2. The zero-order valence-electron chi connectivity index (χ0n) is 18.1. The van der Waals surface area contributed by atoms with Gasteiger partial charge in [-0.3, -0.25) is 5.01 Å². The smallest absolute Gasteiger partial charge is 0.431 e. The van der Waals surface area contributed by atoms with Crippen molar-refractivity contribution in [3.63, 3.8) is 0 Å². The van der Waals surface area contributed by atoms with Crippen LogP contribution in [0.15, 0.2) is 53.6 Å². The Kier molecular flexibility index (Phi) is 6.31. The van der Waals surface area contributed by atoms with Gasteiger partial charge < -0.3 is 9.64 Å². The molecule has 2 aliphatic rings. The molecule has 1 unspecified atom stereocenters. The first-order chi connectivity index (χ1) is 15.3. The van der Waals surface area contributed by atoms with Crippen LogP contribution in [0.1, 0.15) is 33.1 Å². The van der Waals surface area contributed by atoms with E-state index in [1.165, 1.54) is 17.1 Å². The van der Waals surface area contributed by atoms with Crippen molar-refractivity contribution < 1.29 is 22.3 Å². The molecule has 2 atom stereocenters. The number of nitrogens with zero attached hydrogens (tertiary/aromatic N) is 3. The minimum absolute atomic E-state index is 0.0377. The van der Waals surface area contributed by atoms with E-state index in [4.69, 9.17) is 4.74 Å². The van der Waals surface area contributed by atoms with Crippen LogP contribution in [0.25, 0.3) is 0 Å². The van der Waals surface area contributed by atoms with Crippen molar-refractivity contribution in [2.24, 2.45) is 11.0 Å². The fourth-order valence-corrected chi connectivity index (χ4v) is 4.54. The maximum atomic E-state index is 13.5. The van der Waals surface area contributed by atoms with E-state index >= 15 is 0 Å². The normalized spacial score (nSPS) is 22.2. The topological polar surface area (TPSA) is 28.1 Å². The van der Waals surface area contributed by atoms with Crippen LogP contribution < -0.4 is 14.6 Å². The lowest BCUT2D eigenvalue weighted by Crippen LogP contribution is -2.38. The van der Waals surface area contributed by atoms with Gasteiger partial charge in [0.2, 0.25) is 0 Å². The molecule has 0 spiro atoms. The molecule has 0 aliphatic carbocycles. The van der Waals surface area contributed by atoms with Gasteiger partial charge in [0.15, 0.2) is 0 Å². The molecule has 2 aromatic rings. The van der Waals surface area contributed by atoms with Gasteiger partial charge in [0, 0.05) is 37.5 Å². The van der Waals surface area contributed by atoms with Crippen LogP contribution in [0.2, 0.25) is 0 Å². The fourth-order valence-electron chi connectivity index (χ4n) is 4.54. The summed E-state index contributed by atoms with van der Waals surface area (Å²) in [6.07, 6.45) is -2.22. The highest BCUT2D eigenvalue weighted by Gasteiger charge is 2.47. The predicted octanol–water partition coefficient (Wildman–Crippen LogP) is 6.03. The molecule has 1 fully saturated rings. The average molecular weight is 449 g/mol. The summed E-state index contributed by atoms with van der Waals surface area (Å²) in [4.78, 5) is 2.14. The van der Waals surface area contributed by atoms with Crippen LogP contribution in [-0.2, 0) is 0 Å². The van der Waals surface area contributed by atoms with Gasteiger partial charge in [-0.05, 0) is 48.9 Å². The number of hydrogen-bond donors (Lipinski definition) is 0. The van der Waals surface area contributed by atoms with Gasteiger partial charge in [0.1, 0.15) is 23.4 Å². The van der Waals surface area contributed by atoms with Crippen LogP contribution >= 0.6 is 0 Å². The molecule has 4 nitrogen and oxygen atoms in total. The molecule has 0 amide bonds. The Bertz CT molecular complexity index is 952. The van der Waals surface area contributed by atoms with Crippen molar-refractivity contribution in [1.29, 1.82) is 0 Å². The first-order valence-corrected chi connectivity index (χ1v) is 11.0. The Morgan fingerprint density at radius 3 is 2.31 bits per heavy atom. The quantitative estimate of drug-likeness (QED) is 0.522. The largest absolute Gasteiger partial charge is 0.490 e. The second-order valence-electron chi connectivity index (χ2n) is 8.37. The Balaban J connectivity index is 1.38. The summed E-state index contributed by atoms with van der Waals surface area (Å²) in [5, 5.41) is 5.38. The Labute approximate surface area is 185 Å². The number of halogens is 4. The number of alkyl halides is 3. The lowest BCUT2D eigenvalue weighted by Gasteiger charge is -2.33. The van der Waals surface area contributed by atoms with Crippen molar-refractivity contribution in [2.75, 3.05) is 23.0 Å². The molecular weight excluding hydrogens is 422 g/mol. The Morgan fingerprint density at radius 1 is 1.03 bits per heavy atom. The van der Waals surface area contributed by atoms with E-state index in [-0.39, 0.29) is 18.0 Å². The second-order valence-corrected chi connectivity index (χ2v) is 8.37. The summed E-state index contributed by atoms with van der Waals surface area (Å²) >= 11 is 0. The molecule has 172 valence electrons. The molecule has 1 saturated heterocycles. The summed E-state index contributed by atoms with van der Waals surface area (Å²) in [6.45, 7) is 4.99. The number of benzene rings is 2. The number of hydrogen-bond acceptors (Lipinski definition) is 4. The zero-order chi connectivity index (χ0) is 22.9. The molecule has 0 bridgehead atoms. The minimum atomic E-state index is -4.43. The fraction of sp³-hybridized carbons (Fsp3) is 0.458. The third kappa shape index (κ3) is 4.69. The van der Waals surface area contributed by atoms with Gasteiger partial charge in [-0.2, -0.15) is 18.3 Å². The lowest BCUT2D eigenvalue weighted by molar-refractivity contribution is -0.0620. The molecule has 2 aliphatic heterocycles. The second kappa shape index (κ2) is 9.00. The van der Waals surface area contributed by atoms with Crippen molar-refractivity contribution in [1.82, 2.24) is 0 Å². The van der Waals surface area contributed by atoms with Gasteiger partial charge in [0.05, 0.1) is 11.7 Å². The highest BCUT2D eigenvalue weighted by Crippen LogP contribution is 2.36. The Hall–Kier alpha value is -2.77. The summed E-state index contributed by atoms with van der Waals surface area (Å²) in [6, 6.07) is 13.3. The highest BCUT2D eigenvalue weighted by molar-refractivity contribution is 5.95. The SMILES string of the molecule is CC[C@H]1C(C)C(C(F)(F)F)=NN1c1ccc(OC2CCN(c3cccc(F)c3)CC2)cc1. The number of hydrazone groups is 1. The van der Waals surface area contributed by atoms with Crippen molar-refractivity contribution in [3.05, 3.63) is 54.3 Å². The minimum Gasteiger partial charge on any atom is -0.490 e. The summed E-state index contributed by atoms with van der Waals surface area (Å²) in [7, 11) is 0. The molecule has 4 rings (SSSR count). The van der Waals surface area contributed by atoms with Crippen molar-refractivity contribution >= 4 is 17.1 Å². The van der Waals surface area contributed by atoms with Gasteiger partial charge >= 0.3 is 6.18 Å². The van der Waals surface area contributed by atoms with Crippen LogP contribution in [0.4, 0.5) is 28.9 Å². The summed E-state index contributed by atoms with van der Waals surface area (Å²) in [5.41, 5.74) is 0.767. The third-order valence-corrected chi connectivity index (χ3v) is 6.27. The number of piperidine rings is 1. The summed E-state index contributed by atoms with van der Waals surface area (Å²) in [5.74, 6) is -0.247. The monoisotopic (exact) mass is 449 g/mol. The van der Waals surface area contributed by atoms with E-state index in [9.17, 15) is 17.6 Å². The standard InChI is InChI=1S/C24H27F4N3O/c1-3-22-16(2)23(24(26,27)28)29-31(22)18-7-9-20(10-8-18)32-21-11-13-30(14-12-21)19-6-4-5-17(25)15-19/h4-10,15-16,21-22H,3,11-14H2,1-2H3/t16?,22-/m0/s1. The summed E-state index contributed by atoms with van der Waals surface area (Å²) < 4.78 is 59.4. The molecule has 0 aromatic heterocycles. The number of rotatable bonds is 5. The third-order valence-electron chi connectivity index (χ3n) is 6.27. The molecular formula is C24H27F4N3O. The first kappa shape index (κ1) is 22.4. The maximum absolute atomic E-state index is 13.5. The lowest BCUT2D eigenvalue weighted by atomic mass is 9.95. The zero-order valence-corrected chi connectivity index (χ0v) is 18.1.